The van der Waals surface area contributed by atoms with E-state index in [1.807, 2.05) is 31.2 Å². The van der Waals surface area contributed by atoms with Crippen molar-refractivity contribution in [2.45, 2.75) is 26.4 Å². The van der Waals surface area contributed by atoms with E-state index < -0.39 is 17.8 Å². The molecule has 138 valence electrons. The Morgan fingerprint density at radius 3 is 2.65 bits per heavy atom. The lowest BCUT2D eigenvalue weighted by Crippen LogP contribution is -2.40. The predicted molar refractivity (Wildman–Crippen MR) is 102 cm³/mol. The van der Waals surface area contributed by atoms with Gasteiger partial charge in [-0.3, -0.25) is 9.59 Å². The van der Waals surface area contributed by atoms with Crippen LogP contribution in [0.25, 0.3) is 0 Å². The van der Waals surface area contributed by atoms with Gasteiger partial charge in [-0.2, -0.15) is 0 Å². The van der Waals surface area contributed by atoms with Crippen LogP contribution in [0.4, 0.5) is 10.1 Å². The van der Waals surface area contributed by atoms with Crippen molar-refractivity contribution >= 4 is 33.4 Å². The number of amides is 2. The maximum absolute atomic E-state index is 13.1. The molecule has 0 radical (unpaired) electrons. The van der Waals surface area contributed by atoms with Crippen molar-refractivity contribution in [3.05, 3.63) is 58.3 Å². The Balaban J connectivity index is 1.86. The molecule has 2 rings (SSSR count). The van der Waals surface area contributed by atoms with Crippen molar-refractivity contribution in [2.24, 2.45) is 0 Å². The molecule has 0 aliphatic heterocycles. The predicted octanol–water partition coefficient (Wildman–Crippen LogP) is 3.67. The fourth-order valence-electron chi connectivity index (χ4n) is 2.27. The first-order valence-corrected chi connectivity index (χ1v) is 8.97. The molecular formula is C19H20BrFN2O3. The molecule has 0 aliphatic rings. The first-order chi connectivity index (χ1) is 12.4. The minimum absolute atomic E-state index is 0.171. The summed E-state index contributed by atoms with van der Waals surface area (Å²) in [6, 6.07) is 11.4. The highest BCUT2D eigenvalue weighted by Gasteiger charge is 2.17. The van der Waals surface area contributed by atoms with Gasteiger partial charge in [0.05, 0.1) is 11.0 Å². The zero-order chi connectivity index (χ0) is 19.1. The highest BCUT2D eigenvalue weighted by molar-refractivity contribution is 9.10. The van der Waals surface area contributed by atoms with Crippen LogP contribution in [0.1, 0.15) is 19.4 Å². The Morgan fingerprint density at radius 1 is 1.23 bits per heavy atom. The van der Waals surface area contributed by atoms with E-state index in [4.69, 9.17) is 4.74 Å². The molecule has 2 N–H and O–H groups in total. The summed E-state index contributed by atoms with van der Waals surface area (Å²) in [6.07, 6.45) is -0.0484. The average Bonchev–Trinajstić information content (AvgIpc) is 2.62. The first-order valence-electron chi connectivity index (χ1n) is 8.18. The summed E-state index contributed by atoms with van der Waals surface area (Å²) >= 11 is 3.18. The monoisotopic (exact) mass is 422 g/mol. The normalized spacial score (nSPS) is 11.5. The molecule has 26 heavy (non-hydrogen) atoms. The number of hydrogen-bond donors (Lipinski definition) is 2. The molecule has 0 saturated carbocycles. The van der Waals surface area contributed by atoms with E-state index in [0.29, 0.717) is 10.2 Å². The second-order valence-corrected chi connectivity index (χ2v) is 6.47. The standard InChI is InChI=1S/C19H20BrFN2O3/c1-3-13-6-4-5-7-16(13)23-18(24)11-22-19(25)12(2)26-17-9-8-14(21)10-15(17)20/h4-10,12H,3,11H2,1-2H3,(H,22,25)(H,23,24). The van der Waals surface area contributed by atoms with Gasteiger partial charge in [0.1, 0.15) is 11.6 Å². The molecule has 0 saturated heterocycles. The molecule has 0 aromatic heterocycles. The summed E-state index contributed by atoms with van der Waals surface area (Å²) in [5.74, 6) is -0.838. The molecule has 2 aromatic carbocycles. The molecule has 1 atom stereocenters. The van der Waals surface area contributed by atoms with Crippen molar-refractivity contribution in [3.63, 3.8) is 0 Å². The number of carbonyl (C=O) groups excluding carboxylic acids is 2. The van der Waals surface area contributed by atoms with Gasteiger partial charge in [0.25, 0.3) is 5.91 Å². The van der Waals surface area contributed by atoms with Crippen molar-refractivity contribution in [3.8, 4) is 5.75 Å². The third-order valence-corrected chi connectivity index (χ3v) is 4.28. The number of nitrogens with one attached hydrogen (secondary N) is 2. The Labute approximate surface area is 160 Å². The summed E-state index contributed by atoms with van der Waals surface area (Å²) in [7, 11) is 0. The highest BCUT2D eigenvalue weighted by Crippen LogP contribution is 2.26. The van der Waals surface area contributed by atoms with Crippen molar-refractivity contribution in [2.75, 3.05) is 11.9 Å². The second-order valence-electron chi connectivity index (χ2n) is 5.61. The lowest BCUT2D eigenvalue weighted by molar-refractivity contribution is -0.129. The molecule has 5 nitrogen and oxygen atoms in total. The number of halogens is 2. The zero-order valence-corrected chi connectivity index (χ0v) is 16.1. The van der Waals surface area contributed by atoms with E-state index in [9.17, 15) is 14.0 Å². The Kier molecular flexibility index (Phi) is 7.15. The largest absolute Gasteiger partial charge is 0.480 e. The van der Waals surface area contributed by atoms with E-state index in [0.717, 1.165) is 17.7 Å². The average molecular weight is 423 g/mol. The summed E-state index contributed by atoms with van der Waals surface area (Å²) in [5.41, 5.74) is 1.75. The number of benzene rings is 2. The molecule has 0 aliphatic carbocycles. The topological polar surface area (TPSA) is 67.4 Å². The number of para-hydroxylation sites is 1. The lowest BCUT2D eigenvalue weighted by atomic mass is 10.1. The van der Waals surface area contributed by atoms with Gasteiger partial charge in [0.15, 0.2) is 6.10 Å². The Morgan fingerprint density at radius 2 is 1.96 bits per heavy atom. The lowest BCUT2D eigenvalue weighted by Gasteiger charge is -2.16. The van der Waals surface area contributed by atoms with Crippen molar-refractivity contribution in [1.82, 2.24) is 5.32 Å². The molecule has 2 aromatic rings. The van der Waals surface area contributed by atoms with Crippen LogP contribution in [0.3, 0.4) is 0 Å². The van der Waals surface area contributed by atoms with Crippen LogP contribution in [-0.4, -0.2) is 24.5 Å². The Hall–Kier alpha value is -2.41. The minimum Gasteiger partial charge on any atom is -0.480 e. The third kappa shape index (κ3) is 5.56. The number of carbonyl (C=O) groups is 2. The quantitative estimate of drug-likeness (QED) is 0.714. The molecule has 0 bridgehead atoms. The van der Waals surface area contributed by atoms with Crippen LogP contribution < -0.4 is 15.4 Å². The number of rotatable bonds is 7. The van der Waals surface area contributed by atoms with Gasteiger partial charge in [0.2, 0.25) is 5.91 Å². The molecular weight excluding hydrogens is 403 g/mol. The Bertz CT molecular complexity index is 798. The van der Waals surface area contributed by atoms with Gasteiger partial charge in [-0.25, -0.2) is 4.39 Å². The van der Waals surface area contributed by atoms with E-state index in [-0.39, 0.29) is 12.5 Å². The maximum Gasteiger partial charge on any atom is 0.261 e. The van der Waals surface area contributed by atoms with Crippen LogP contribution in [0.2, 0.25) is 0 Å². The maximum atomic E-state index is 13.1. The first kappa shape index (κ1) is 19.9. The van der Waals surface area contributed by atoms with Crippen LogP contribution in [0.15, 0.2) is 46.9 Å². The number of anilines is 1. The molecule has 7 heteroatoms. The fraction of sp³-hybridized carbons (Fsp3) is 0.263. The molecule has 2 amide bonds. The zero-order valence-electron chi connectivity index (χ0n) is 14.5. The summed E-state index contributed by atoms with van der Waals surface area (Å²) in [6.45, 7) is 3.38. The van der Waals surface area contributed by atoms with Crippen molar-refractivity contribution in [1.29, 1.82) is 0 Å². The van der Waals surface area contributed by atoms with Crippen LogP contribution >= 0.6 is 15.9 Å². The second kappa shape index (κ2) is 9.33. The van der Waals surface area contributed by atoms with Crippen molar-refractivity contribution < 1.29 is 18.7 Å². The number of hydrogen-bond acceptors (Lipinski definition) is 3. The summed E-state index contributed by atoms with van der Waals surface area (Å²) in [5, 5.41) is 5.30. The van der Waals surface area contributed by atoms with E-state index in [2.05, 4.69) is 26.6 Å². The van der Waals surface area contributed by atoms with E-state index >= 15 is 0 Å². The van der Waals surface area contributed by atoms with Gasteiger partial charge in [-0.15, -0.1) is 0 Å². The van der Waals surface area contributed by atoms with Gasteiger partial charge in [0, 0.05) is 5.69 Å². The summed E-state index contributed by atoms with van der Waals surface area (Å²) < 4.78 is 19.0. The van der Waals surface area contributed by atoms with Crippen LogP contribution in [0, 0.1) is 5.82 Å². The number of aryl methyl sites for hydroxylation is 1. The van der Waals surface area contributed by atoms with Gasteiger partial charge >= 0.3 is 0 Å². The SMILES string of the molecule is CCc1ccccc1NC(=O)CNC(=O)C(C)Oc1ccc(F)cc1Br. The smallest absolute Gasteiger partial charge is 0.261 e. The van der Waals surface area contributed by atoms with Gasteiger partial charge in [-0.1, -0.05) is 25.1 Å². The third-order valence-electron chi connectivity index (χ3n) is 3.66. The van der Waals surface area contributed by atoms with E-state index in [1.165, 1.54) is 18.2 Å². The van der Waals surface area contributed by atoms with E-state index in [1.54, 1.807) is 6.92 Å². The summed E-state index contributed by atoms with van der Waals surface area (Å²) in [4.78, 5) is 24.1. The van der Waals surface area contributed by atoms with Gasteiger partial charge in [-0.05, 0) is 59.1 Å². The molecule has 0 fully saturated rings. The van der Waals surface area contributed by atoms with Crippen LogP contribution in [-0.2, 0) is 16.0 Å². The minimum atomic E-state index is -0.840. The molecule has 0 spiro atoms. The highest BCUT2D eigenvalue weighted by atomic mass is 79.9. The van der Waals surface area contributed by atoms with Gasteiger partial charge < -0.3 is 15.4 Å². The molecule has 0 heterocycles. The molecule has 1 unspecified atom stereocenters. The van der Waals surface area contributed by atoms with Crippen LogP contribution in [0.5, 0.6) is 5.75 Å². The fourth-order valence-corrected chi connectivity index (χ4v) is 2.72. The number of ether oxygens (including phenoxy) is 1.